The van der Waals surface area contributed by atoms with Crippen LogP contribution in [0.2, 0.25) is 0 Å². The summed E-state index contributed by atoms with van der Waals surface area (Å²) < 4.78 is 41.8. The van der Waals surface area contributed by atoms with Crippen molar-refractivity contribution in [3.05, 3.63) is 29.8 Å². The van der Waals surface area contributed by atoms with Gasteiger partial charge < -0.3 is 20.6 Å². The highest BCUT2D eigenvalue weighted by Gasteiger charge is 2.39. The normalized spacial score (nSPS) is 18.0. The lowest BCUT2D eigenvalue weighted by Crippen LogP contribution is -2.40. The fourth-order valence-electron chi connectivity index (χ4n) is 3.86. The molecule has 0 spiro atoms. The lowest BCUT2D eigenvalue weighted by atomic mass is 9.70. The van der Waals surface area contributed by atoms with E-state index in [1.165, 1.54) is 18.2 Å². The van der Waals surface area contributed by atoms with Crippen LogP contribution in [0, 0.1) is 5.41 Å². The number of hydrogen-bond acceptors (Lipinski definition) is 4. The Morgan fingerprint density at radius 1 is 1.21 bits per heavy atom. The lowest BCUT2D eigenvalue weighted by Gasteiger charge is -2.40. The van der Waals surface area contributed by atoms with Gasteiger partial charge in [-0.1, -0.05) is 31.4 Å². The predicted octanol–water partition coefficient (Wildman–Crippen LogP) is 5.62. The quantitative estimate of drug-likeness (QED) is 0.443. The van der Waals surface area contributed by atoms with E-state index in [1.54, 1.807) is 6.07 Å². The minimum atomic E-state index is -4.76. The van der Waals surface area contributed by atoms with E-state index >= 15 is 0 Å². The van der Waals surface area contributed by atoms with Crippen molar-refractivity contribution in [2.75, 3.05) is 7.05 Å². The van der Waals surface area contributed by atoms with Gasteiger partial charge in [-0.2, -0.15) is 0 Å². The molecular weight excluding hydrogens is 428 g/mol. The lowest BCUT2D eigenvalue weighted by molar-refractivity contribution is -0.274. The Balaban J connectivity index is 0.00000392. The van der Waals surface area contributed by atoms with Crippen LogP contribution in [-0.2, 0) is 0 Å². The molecule has 0 amide bonds. The zero-order valence-corrected chi connectivity index (χ0v) is 18.4. The summed E-state index contributed by atoms with van der Waals surface area (Å²) in [7, 11) is 1.82. The van der Waals surface area contributed by atoms with Gasteiger partial charge in [0.2, 0.25) is 0 Å². The summed E-state index contributed by atoms with van der Waals surface area (Å²) in [5.74, 6) is -0.717. The highest BCUT2D eigenvalue weighted by Crippen LogP contribution is 2.43. The first-order chi connectivity index (χ1) is 12.6. The standard InChI is InChI=1S/C20H29F3N2O2.2ClH/c1-14(25-2)11-16(24)13-18(19(26)9-4-3-5-10-19)15-7-6-8-17(12-15)27-20(21,22)23;;/h6-8,12,14,18,24-26H,3-5,9-11,13H2,1-2H3;2*1H/t14-,18?;;/m0../s1. The second kappa shape index (κ2) is 12.0. The van der Waals surface area contributed by atoms with E-state index in [-0.39, 0.29) is 36.6 Å². The molecule has 0 aromatic heterocycles. The third kappa shape index (κ3) is 8.70. The molecule has 1 aromatic carbocycles. The summed E-state index contributed by atoms with van der Waals surface area (Å²) >= 11 is 0. The Hall–Kier alpha value is -1.02. The molecule has 3 N–H and O–H groups in total. The molecular formula is C20H31Cl2F3N2O2. The van der Waals surface area contributed by atoms with E-state index < -0.39 is 17.9 Å². The molecule has 0 radical (unpaired) electrons. The summed E-state index contributed by atoms with van der Waals surface area (Å²) in [4.78, 5) is 0. The van der Waals surface area contributed by atoms with E-state index in [4.69, 9.17) is 5.41 Å². The van der Waals surface area contributed by atoms with E-state index in [1.807, 2.05) is 14.0 Å². The minimum Gasteiger partial charge on any atom is -0.406 e. The van der Waals surface area contributed by atoms with Crippen molar-refractivity contribution in [3.63, 3.8) is 0 Å². The molecule has 0 heterocycles. The van der Waals surface area contributed by atoms with Gasteiger partial charge in [0.05, 0.1) is 5.60 Å². The number of benzene rings is 1. The van der Waals surface area contributed by atoms with E-state index in [9.17, 15) is 18.3 Å². The van der Waals surface area contributed by atoms with Crippen LogP contribution < -0.4 is 10.1 Å². The number of halogens is 5. The van der Waals surface area contributed by atoms with Gasteiger partial charge in [-0.25, -0.2) is 0 Å². The van der Waals surface area contributed by atoms with Crippen LogP contribution in [0.25, 0.3) is 0 Å². The zero-order valence-electron chi connectivity index (χ0n) is 16.7. The highest BCUT2D eigenvalue weighted by molar-refractivity contribution is 5.85. The van der Waals surface area contributed by atoms with E-state index in [0.29, 0.717) is 37.0 Å². The van der Waals surface area contributed by atoms with Crippen molar-refractivity contribution in [2.24, 2.45) is 0 Å². The van der Waals surface area contributed by atoms with Crippen molar-refractivity contribution in [1.82, 2.24) is 5.32 Å². The summed E-state index contributed by atoms with van der Waals surface area (Å²) in [6.07, 6.45) is 0.0802. The SMILES string of the molecule is CN[C@@H](C)CC(=N)CC(c1cccc(OC(F)(F)F)c1)C1(O)CCCCC1.Cl.Cl. The molecule has 0 bridgehead atoms. The van der Waals surface area contributed by atoms with Gasteiger partial charge in [-0.3, -0.25) is 0 Å². The number of alkyl halides is 3. The maximum absolute atomic E-state index is 12.6. The fourth-order valence-corrected chi connectivity index (χ4v) is 3.86. The number of rotatable bonds is 8. The molecule has 1 fully saturated rings. The minimum absolute atomic E-state index is 0. The van der Waals surface area contributed by atoms with Crippen LogP contribution in [0.4, 0.5) is 13.2 Å². The largest absolute Gasteiger partial charge is 0.573 e. The van der Waals surface area contributed by atoms with Gasteiger partial charge in [0.15, 0.2) is 0 Å². The molecule has 1 saturated carbocycles. The van der Waals surface area contributed by atoms with Crippen molar-refractivity contribution in [2.45, 2.75) is 75.8 Å². The van der Waals surface area contributed by atoms with Crippen LogP contribution in [0.15, 0.2) is 24.3 Å². The van der Waals surface area contributed by atoms with Crippen LogP contribution in [0.1, 0.15) is 63.4 Å². The molecule has 1 aliphatic rings. The second-order valence-corrected chi connectivity index (χ2v) is 7.54. The smallest absolute Gasteiger partial charge is 0.406 e. The molecule has 2 rings (SSSR count). The molecule has 1 unspecified atom stereocenters. The van der Waals surface area contributed by atoms with Crippen LogP contribution >= 0.6 is 24.8 Å². The van der Waals surface area contributed by atoms with Gasteiger partial charge in [0.1, 0.15) is 5.75 Å². The number of ether oxygens (including phenoxy) is 1. The number of nitrogens with one attached hydrogen (secondary N) is 2. The summed E-state index contributed by atoms with van der Waals surface area (Å²) in [6, 6.07) is 5.96. The second-order valence-electron chi connectivity index (χ2n) is 7.54. The average Bonchev–Trinajstić information content (AvgIpc) is 2.59. The highest BCUT2D eigenvalue weighted by atomic mass is 35.5. The predicted molar refractivity (Wildman–Crippen MR) is 114 cm³/mol. The first kappa shape index (κ1) is 28.0. The molecule has 4 nitrogen and oxygen atoms in total. The van der Waals surface area contributed by atoms with Crippen molar-refractivity contribution in [1.29, 1.82) is 5.41 Å². The monoisotopic (exact) mass is 458 g/mol. The molecule has 1 aromatic rings. The fraction of sp³-hybridized carbons (Fsp3) is 0.650. The summed E-state index contributed by atoms with van der Waals surface area (Å²) in [5.41, 5.74) is 0.0515. The summed E-state index contributed by atoms with van der Waals surface area (Å²) in [5, 5.41) is 22.7. The third-order valence-corrected chi connectivity index (χ3v) is 5.36. The molecule has 0 saturated heterocycles. The van der Waals surface area contributed by atoms with E-state index in [0.717, 1.165) is 19.3 Å². The zero-order chi connectivity index (χ0) is 20.1. The van der Waals surface area contributed by atoms with Crippen LogP contribution in [0.5, 0.6) is 5.75 Å². The molecule has 29 heavy (non-hydrogen) atoms. The van der Waals surface area contributed by atoms with E-state index in [2.05, 4.69) is 10.1 Å². The topological polar surface area (TPSA) is 65.3 Å². The first-order valence-electron chi connectivity index (χ1n) is 9.44. The summed E-state index contributed by atoms with van der Waals surface area (Å²) in [6.45, 7) is 1.97. The van der Waals surface area contributed by atoms with Crippen molar-refractivity contribution >= 4 is 30.5 Å². The average molecular weight is 459 g/mol. The van der Waals surface area contributed by atoms with Crippen LogP contribution in [-0.4, -0.2) is 35.9 Å². The molecule has 0 aliphatic heterocycles. The van der Waals surface area contributed by atoms with Crippen molar-refractivity contribution < 1.29 is 23.0 Å². The van der Waals surface area contributed by atoms with Gasteiger partial charge in [-0.15, -0.1) is 38.0 Å². The van der Waals surface area contributed by atoms with Crippen LogP contribution in [0.3, 0.4) is 0 Å². The molecule has 9 heteroatoms. The van der Waals surface area contributed by atoms with Gasteiger partial charge in [-0.05, 0) is 50.9 Å². The molecule has 1 aliphatic carbocycles. The molecule has 168 valence electrons. The Kier molecular flexibility index (Phi) is 11.6. The first-order valence-corrected chi connectivity index (χ1v) is 9.44. The number of hydrogen-bond donors (Lipinski definition) is 3. The molecule has 2 atom stereocenters. The Bertz CT molecular complexity index is 638. The van der Waals surface area contributed by atoms with Gasteiger partial charge in [0.25, 0.3) is 0 Å². The Morgan fingerprint density at radius 3 is 2.38 bits per heavy atom. The number of aliphatic hydroxyl groups is 1. The maximum atomic E-state index is 12.6. The van der Waals surface area contributed by atoms with Gasteiger partial charge in [0, 0.05) is 24.1 Å². The maximum Gasteiger partial charge on any atom is 0.573 e. The Labute approximate surface area is 182 Å². The van der Waals surface area contributed by atoms with Crippen molar-refractivity contribution in [3.8, 4) is 5.75 Å². The third-order valence-electron chi connectivity index (χ3n) is 5.36. The Morgan fingerprint density at radius 2 is 1.83 bits per heavy atom. The van der Waals surface area contributed by atoms with Gasteiger partial charge >= 0.3 is 6.36 Å².